The summed E-state index contributed by atoms with van der Waals surface area (Å²) in [5.74, 6) is 0.0200. The largest absolute Gasteiger partial charge is 0.385 e. The van der Waals surface area contributed by atoms with Crippen LogP contribution in [0.15, 0.2) is 35.7 Å². The molecule has 0 spiro atoms. The molecule has 2 rings (SSSR count). The van der Waals surface area contributed by atoms with Crippen molar-refractivity contribution in [2.45, 2.75) is 37.6 Å². The minimum Gasteiger partial charge on any atom is -0.385 e. The van der Waals surface area contributed by atoms with Crippen molar-refractivity contribution >= 4 is 17.7 Å². The smallest absolute Gasteiger partial charge is 0.233 e. The zero-order valence-corrected chi connectivity index (χ0v) is 15.5. The molecule has 0 bridgehead atoms. The highest BCUT2D eigenvalue weighted by atomic mass is 32.2. The second-order valence-electron chi connectivity index (χ2n) is 5.77. The van der Waals surface area contributed by atoms with Crippen molar-refractivity contribution in [1.82, 2.24) is 14.9 Å². The van der Waals surface area contributed by atoms with Crippen LogP contribution in [0.3, 0.4) is 0 Å². The van der Waals surface area contributed by atoms with Crippen LogP contribution in [0.1, 0.15) is 24.5 Å². The Hall–Kier alpha value is -1.79. The molecule has 1 aromatic heterocycles. The molecule has 1 heterocycles. The van der Waals surface area contributed by atoms with Crippen LogP contribution in [0, 0.1) is 13.8 Å². The van der Waals surface area contributed by atoms with Crippen molar-refractivity contribution in [2.75, 3.05) is 20.3 Å². The van der Waals surface area contributed by atoms with E-state index in [1.54, 1.807) is 13.3 Å². The van der Waals surface area contributed by atoms with Crippen LogP contribution < -0.4 is 5.32 Å². The topological polar surface area (TPSA) is 56.1 Å². The van der Waals surface area contributed by atoms with Gasteiger partial charge in [0.05, 0.1) is 10.9 Å². The van der Waals surface area contributed by atoms with E-state index in [1.165, 1.54) is 22.9 Å². The molecule has 0 aliphatic heterocycles. The summed E-state index contributed by atoms with van der Waals surface area (Å²) >= 11 is 1.47. The number of aryl methyl sites for hydroxylation is 2. The lowest BCUT2D eigenvalue weighted by atomic mass is 10.1. The van der Waals surface area contributed by atoms with Gasteiger partial charge in [0, 0.05) is 32.7 Å². The number of methoxy groups -OCH3 is 1. The van der Waals surface area contributed by atoms with Crippen molar-refractivity contribution in [2.24, 2.45) is 0 Å². The third-order valence-corrected chi connectivity index (χ3v) is 4.79. The SMILES string of the molecule is COCCCNC(=O)C(C)Sc1nccn1-c1cc(C)ccc1C. The van der Waals surface area contributed by atoms with E-state index in [-0.39, 0.29) is 11.2 Å². The number of benzene rings is 1. The molecule has 5 nitrogen and oxygen atoms in total. The van der Waals surface area contributed by atoms with Crippen LogP contribution in [-0.2, 0) is 9.53 Å². The summed E-state index contributed by atoms with van der Waals surface area (Å²) in [5, 5.41) is 3.55. The summed E-state index contributed by atoms with van der Waals surface area (Å²) in [6.07, 6.45) is 4.53. The summed E-state index contributed by atoms with van der Waals surface area (Å²) in [7, 11) is 1.66. The molecule has 0 aliphatic carbocycles. The predicted octanol–water partition coefficient (Wildman–Crippen LogP) is 3.12. The number of hydrogen-bond acceptors (Lipinski definition) is 4. The number of ether oxygens (including phenoxy) is 1. The van der Waals surface area contributed by atoms with Gasteiger partial charge in [-0.05, 0) is 44.4 Å². The van der Waals surface area contributed by atoms with E-state index in [0.29, 0.717) is 13.2 Å². The normalized spacial score (nSPS) is 12.2. The van der Waals surface area contributed by atoms with Crippen molar-refractivity contribution < 1.29 is 9.53 Å². The van der Waals surface area contributed by atoms with Gasteiger partial charge in [0.1, 0.15) is 0 Å². The van der Waals surface area contributed by atoms with Gasteiger partial charge >= 0.3 is 0 Å². The van der Waals surface area contributed by atoms with Gasteiger partial charge < -0.3 is 10.1 Å². The number of amides is 1. The molecular formula is C18H25N3O2S. The molecule has 0 saturated heterocycles. The summed E-state index contributed by atoms with van der Waals surface area (Å²) < 4.78 is 7.03. The van der Waals surface area contributed by atoms with Gasteiger partial charge in [0.15, 0.2) is 5.16 Å². The van der Waals surface area contributed by atoms with Crippen LogP contribution in [0.4, 0.5) is 0 Å². The molecule has 2 aromatic rings. The molecule has 0 aliphatic rings. The number of rotatable bonds is 8. The highest BCUT2D eigenvalue weighted by Crippen LogP contribution is 2.26. The van der Waals surface area contributed by atoms with E-state index in [9.17, 15) is 4.79 Å². The molecule has 1 unspecified atom stereocenters. The highest BCUT2D eigenvalue weighted by molar-refractivity contribution is 8.00. The van der Waals surface area contributed by atoms with E-state index in [4.69, 9.17) is 4.74 Å². The fraction of sp³-hybridized carbons (Fsp3) is 0.444. The predicted molar refractivity (Wildman–Crippen MR) is 97.9 cm³/mol. The van der Waals surface area contributed by atoms with Crippen LogP contribution in [0.2, 0.25) is 0 Å². The molecule has 6 heteroatoms. The average molecular weight is 347 g/mol. The maximum absolute atomic E-state index is 12.2. The first-order valence-corrected chi connectivity index (χ1v) is 8.95. The summed E-state index contributed by atoms with van der Waals surface area (Å²) in [5.41, 5.74) is 3.48. The minimum absolute atomic E-state index is 0.0200. The van der Waals surface area contributed by atoms with E-state index in [1.807, 2.05) is 17.7 Å². The Kier molecular flexibility index (Phi) is 6.87. The standard InChI is InChI=1S/C18H25N3O2S/c1-13-6-7-14(2)16(12-13)21-10-9-20-18(21)24-15(3)17(22)19-8-5-11-23-4/h6-7,9-10,12,15H,5,8,11H2,1-4H3,(H,19,22). The van der Waals surface area contributed by atoms with Gasteiger partial charge in [-0.3, -0.25) is 9.36 Å². The Morgan fingerprint density at radius 1 is 1.42 bits per heavy atom. The number of thioether (sulfide) groups is 1. The lowest BCUT2D eigenvalue weighted by Crippen LogP contribution is -2.32. The maximum Gasteiger partial charge on any atom is 0.233 e. The van der Waals surface area contributed by atoms with E-state index < -0.39 is 0 Å². The first kappa shape index (κ1) is 18.5. The van der Waals surface area contributed by atoms with Crippen LogP contribution in [0.25, 0.3) is 5.69 Å². The third kappa shape index (κ3) is 4.85. The number of imidazole rings is 1. The fourth-order valence-corrected chi connectivity index (χ4v) is 3.22. The number of aromatic nitrogens is 2. The number of nitrogens with zero attached hydrogens (tertiary/aromatic N) is 2. The summed E-state index contributed by atoms with van der Waals surface area (Å²) in [4.78, 5) is 16.6. The first-order chi connectivity index (χ1) is 11.5. The number of carbonyl (C=O) groups excluding carboxylic acids is 1. The van der Waals surface area contributed by atoms with Gasteiger partial charge in [-0.25, -0.2) is 4.98 Å². The Morgan fingerprint density at radius 3 is 2.96 bits per heavy atom. The maximum atomic E-state index is 12.2. The number of nitrogens with one attached hydrogen (secondary N) is 1. The number of carbonyl (C=O) groups is 1. The van der Waals surface area contributed by atoms with Gasteiger partial charge in [-0.2, -0.15) is 0 Å². The van der Waals surface area contributed by atoms with Crippen LogP contribution in [-0.4, -0.2) is 41.0 Å². The Bertz CT molecular complexity index is 685. The molecule has 130 valence electrons. The molecule has 1 amide bonds. The lowest BCUT2D eigenvalue weighted by molar-refractivity contribution is -0.120. The number of hydrogen-bond donors (Lipinski definition) is 1. The lowest BCUT2D eigenvalue weighted by Gasteiger charge is -2.14. The first-order valence-electron chi connectivity index (χ1n) is 8.07. The second kappa shape index (κ2) is 8.89. The molecule has 0 saturated carbocycles. The quantitative estimate of drug-likeness (QED) is 0.589. The van der Waals surface area contributed by atoms with Crippen molar-refractivity contribution in [3.63, 3.8) is 0 Å². The Balaban J connectivity index is 2.05. The van der Waals surface area contributed by atoms with Gasteiger partial charge in [-0.15, -0.1) is 0 Å². The van der Waals surface area contributed by atoms with E-state index >= 15 is 0 Å². The van der Waals surface area contributed by atoms with Gasteiger partial charge in [0.25, 0.3) is 0 Å². The van der Waals surface area contributed by atoms with Crippen molar-refractivity contribution in [3.8, 4) is 5.69 Å². The molecule has 1 aromatic carbocycles. The monoisotopic (exact) mass is 347 g/mol. The Labute approximate surface area is 147 Å². The molecule has 0 radical (unpaired) electrons. The molecule has 24 heavy (non-hydrogen) atoms. The van der Waals surface area contributed by atoms with Crippen LogP contribution >= 0.6 is 11.8 Å². The van der Waals surface area contributed by atoms with E-state index in [0.717, 1.165) is 17.3 Å². The molecular weight excluding hydrogens is 322 g/mol. The minimum atomic E-state index is -0.209. The highest BCUT2D eigenvalue weighted by Gasteiger charge is 2.18. The van der Waals surface area contributed by atoms with Crippen molar-refractivity contribution in [1.29, 1.82) is 0 Å². The Morgan fingerprint density at radius 2 is 2.21 bits per heavy atom. The summed E-state index contributed by atoms with van der Waals surface area (Å²) in [6.45, 7) is 7.33. The van der Waals surface area contributed by atoms with Crippen LogP contribution in [0.5, 0.6) is 0 Å². The third-order valence-electron chi connectivity index (χ3n) is 3.71. The second-order valence-corrected chi connectivity index (χ2v) is 7.08. The molecule has 0 fully saturated rings. The average Bonchev–Trinajstić information content (AvgIpc) is 3.01. The summed E-state index contributed by atoms with van der Waals surface area (Å²) in [6, 6.07) is 6.33. The zero-order valence-electron chi connectivity index (χ0n) is 14.7. The van der Waals surface area contributed by atoms with E-state index in [2.05, 4.69) is 42.3 Å². The fourth-order valence-electron chi connectivity index (χ4n) is 2.32. The zero-order chi connectivity index (χ0) is 17.5. The van der Waals surface area contributed by atoms with Gasteiger partial charge in [0.2, 0.25) is 5.91 Å². The van der Waals surface area contributed by atoms with Crippen molar-refractivity contribution in [3.05, 3.63) is 41.7 Å². The molecule has 1 atom stereocenters. The molecule has 1 N–H and O–H groups in total. The van der Waals surface area contributed by atoms with Gasteiger partial charge in [-0.1, -0.05) is 23.9 Å².